The molecule has 1 N–H and O–H groups in total. The van der Waals surface area contributed by atoms with Crippen molar-refractivity contribution in [3.05, 3.63) is 33.3 Å². The second-order valence-electron chi connectivity index (χ2n) is 5.44. The average Bonchev–Trinajstić information content (AvgIpc) is 2.67. The molecular weight excluding hydrogens is 285 g/mol. The van der Waals surface area contributed by atoms with Gasteiger partial charge in [0.15, 0.2) is 0 Å². The predicted molar refractivity (Wildman–Crippen MR) is 72.7 cm³/mol. The van der Waals surface area contributed by atoms with Gasteiger partial charge in [-0.25, -0.2) is 0 Å². The summed E-state index contributed by atoms with van der Waals surface area (Å²) in [5, 5.41) is 15.6. The maximum absolute atomic E-state index is 11.3. The smallest absolute Gasteiger partial charge is 0.0719 e. The van der Waals surface area contributed by atoms with Gasteiger partial charge in [0.1, 0.15) is 0 Å². The Morgan fingerprint density at radius 3 is 2.42 bits per heavy atom. The third-order valence-electron chi connectivity index (χ3n) is 4.20. The first-order chi connectivity index (χ1) is 9.04. The Kier molecular flexibility index (Phi) is 3.46. The number of carbonyl (C=O) groups excluding carboxylic acids is 1. The van der Waals surface area contributed by atoms with Crippen molar-refractivity contribution in [2.75, 3.05) is 0 Å². The first-order valence-corrected chi connectivity index (χ1v) is 7.26. The van der Waals surface area contributed by atoms with Gasteiger partial charge >= 0.3 is 0 Å². The minimum absolute atomic E-state index is 0.142. The standard InChI is InChI=1S/C14H15Cl2NO2/c15-8-5-11(14(18)19)13(12(16)6-8)7-3-9-1-2-10(4-7)17-9/h5-7,9-10,17H,1-4H2,(H,18,19)/p-1. The summed E-state index contributed by atoms with van der Waals surface area (Å²) in [6.07, 6.45) is 4.18. The number of halogens is 2. The van der Waals surface area contributed by atoms with E-state index in [-0.39, 0.29) is 11.5 Å². The number of hydrogen-bond acceptors (Lipinski definition) is 3. The molecule has 1 aromatic carbocycles. The van der Waals surface area contributed by atoms with Crippen LogP contribution in [0.4, 0.5) is 0 Å². The highest BCUT2D eigenvalue weighted by Gasteiger charge is 2.35. The van der Waals surface area contributed by atoms with E-state index in [1.54, 1.807) is 6.07 Å². The van der Waals surface area contributed by atoms with Crippen molar-refractivity contribution in [2.24, 2.45) is 0 Å². The number of fused-ring (bicyclic) bond motifs is 2. The van der Waals surface area contributed by atoms with E-state index in [0.717, 1.165) is 25.7 Å². The number of piperidine rings is 1. The molecule has 2 bridgehead atoms. The maximum Gasteiger partial charge on any atom is 0.0719 e. The van der Waals surface area contributed by atoms with Gasteiger partial charge in [-0.3, -0.25) is 0 Å². The van der Waals surface area contributed by atoms with Crippen molar-refractivity contribution >= 4 is 29.2 Å². The van der Waals surface area contributed by atoms with E-state index in [9.17, 15) is 9.90 Å². The Bertz CT molecular complexity index is 520. The molecule has 0 aliphatic carbocycles. The SMILES string of the molecule is O=C([O-])c1cc(Cl)cc(Cl)c1C1CC2CCC(C1)N2. The number of aromatic carboxylic acids is 1. The molecular formula is C14H14Cl2NO2-. The molecule has 0 radical (unpaired) electrons. The summed E-state index contributed by atoms with van der Waals surface area (Å²) >= 11 is 12.1. The molecule has 2 unspecified atom stereocenters. The summed E-state index contributed by atoms with van der Waals surface area (Å²) < 4.78 is 0. The molecule has 0 amide bonds. The van der Waals surface area contributed by atoms with Crippen molar-refractivity contribution in [2.45, 2.75) is 43.7 Å². The zero-order valence-corrected chi connectivity index (χ0v) is 11.8. The van der Waals surface area contributed by atoms with Crippen molar-refractivity contribution < 1.29 is 9.90 Å². The molecule has 102 valence electrons. The number of nitrogens with one attached hydrogen (secondary N) is 1. The number of benzene rings is 1. The highest BCUT2D eigenvalue weighted by atomic mass is 35.5. The first kappa shape index (κ1) is 13.2. The van der Waals surface area contributed by atoms with Crippen LogP contribution in [0.5, 0.6) is 0 Å². The van der Waals surface area contributed by atoms with E-state index in [0.29, 0.717) is 27.7 Å². The van der Waals surface area contributed by atoms with Crippen LogP contribution in [0.3, 0.4) is 0 Å². The molecule has 2 aliphatic heterocycles. The van der Waals surface area contributed by atoms with E-state index in [1.807, 2.05) is 0 Å². The molecule has 2 fully saturated rings. The molecule has 0 aromatic heterocycles. The third-order valence-corrected chi connectivity index (χ3v) is 4.73. The number of carbonyl (C=O) groups is 1. The fourth-order valence-corrected chi connectivity index (χ4v) is 4.11. The molecule has 0 spiro atoms. The van der Waals surface area contributed by atoms with E-state index < -0.39 is 5.97 Å². The lowest BCUT2D eigenvalue weighted by molar-refractivity contribution is -0.255. The van der Waals surface area contributed by atoms with E-state index in [1.165, 1.54) is 6.07 Å². The Labute approximate surface area is 121 Å². The molecule has 2 heterocycles. The maximum atomic E-state index is 11.3. The lowest BCUT2D eigenvalue weighted by Gasteiger charge is -2.31. The number of hydrogen-bond donors (Lipinski definition) is 1. The van der Waals surface area contributed by atoms with E-state index in [2.05, 4.69) is 5.32 Å². The quantitative estimate of drug-likeness (QED) is 0.912. The van der Waals surface area contributed by atoms with Crippen molar-refractivity contribution in [1.29, 1.82) is 0 Å². The number of carboxylic acid groups (broad SMARTS) is 1. The number of rotatable bonds is 2. The molecule has 19 heavy (non-hydrogen) atoms. The van der Waals surface area contributed by atoms with E-state index in [4.69, 9.17) is 23.2 Å². The van der Waals surface area contributed by atoms with Crippen LogP contribution in [0.2, 0.25) is 10.0 Å². The summed E-state index contributed by atoms with van der Waals surface area (Å²) in [7, 11) is 0. The summed E-state index contributed by atoms with van der Waals surface area (Å²) in [6, 6.07) is 4.02. The van der Waals surface area contributed by atoms with Crippen molar-refractivity contribution in [1.82, 2.24) is 5.32 Å². The molecule has 3 nitrogen and oxygen atoms in total. The van der Waals surface area contributed by atoms with Crippen LogP contribution in [-0.4, -0.2) is 18.1 Å². The van der Waals surface area contributed by atoms with Crippen molar-refractivity contribution in [3.8, 4) is 0 Å². The second kappa shape index (κ2) is 4.97. The molecule has 5 heteroatoms. The zero-order chi connectivity index (χ0) is 13.6. The molecule has 3 rings (SSSR count). The monoisotopic (exact) mass is 298 g/mol. The van der Waals surface area contributed by atoms with Gasteiger partial charge in [0, 0.05) is 27.7 Å². The highest BCUT2D eigenvalue weighted by molar-refractivity contribution is 6.35. The van der Waals surface area contributed by atoms with Gasteiger partial charge < -0.3 is 15.2 Å². The van der Waals surface area contributed by atoms with Crippen LogP contribution in [0, 0.1) is 0 Å². The topological polar surface area (TPSA) is 52.2 Å². The molecule has 2 atom stereocenters. The minimum atomic E-state index is -1.20. The first-order valence-electron chi connectivity index (χ1n) is 6.51. The van der Waals surface area contributed by atoms with Gasteiger partial charge in [-0.05, 0) is 49.3 Å². The van der Waals surface area contributed by atoms with Crippen LogP contribution in [0.1, 0.15) is 47.5 Å². The zero-order valence-electron chi connectivity index (χ0n) is 10.3. The Hall–Kier alpha value is -0.770. The molecule has 2 saturated heterocycles. The fraction of sp³-hybridized carbons (Fsp3) is 0.500. The van der Waals surface area contributed by atoms with E-state index >= 15 is 0 Å². The van der Waals surface area contributed by atoms with Gasteiger partial charge in [0.05, 0.1) is 5.97 Å². The highest BCUT2D eigenvalue weighted by Crippen LogP contribution is 2.41. The third kappa shape index (κ3) is 2.47. The van der Waals surface area contributed by atoms with Gasteiger partial charge in [-0.15, -0.1) is 0 Å². The molecule has 2 aliphatic rings. The average molecular weight is 299 g/mol. The lowest BCUT2D eigenvalue weighted by atomic mass is 9.84. The largest absolute Gasteiger partial charge is 0.545 e. The van der Waals surface area contributed by atoms with Gasteiger partial charge in [0.25, 0.3) is 0 Å². The fourth-order valence-electron chi connectivity index (χ4n) is 3.46. The summed E-state index contributed by atoms with van der Waals surface area (Å²) in [6.45, 7) is 0. The van der Waals surface area contributed by atoms with Gasteiger partial charge in [0.2, 0.25) is 0 Å². The molecule has 0 saturated carbocycles. The minimum Gasteiger partial charge on any atom is -0.545 e. The number of carboxylic acids is 1. The van der Waals surface area contributed by atoms with Crippen LogP contribution in [0.15, 0.2) is 12.1 Å². The second-order valence-corrected chi connectivity index (χ2v) is 6.29. The van der Waals surface area contributed by atoms with Crippen LogP contribution >= 0.6 is 23.2 Å². The summed E-state index contributed by atoms with van der Waals surface area (Å²) in [4.78, 5) is 11.3. The van der Waals surface area contributed by atoms with Crippen LogP contribution in [-0.2, 0) is 0 Å². The summed E-state index contributed by atoms with van der Waals surface area (Å²) in [5.41, 5.74) is 0.841. The lowest BCUT2D eigenvalue weighted by Crippen LogP contribution is -2.38. The van der Waals surface area contributed by atoms with Gasteiger partial charge in [-0.2, -0.15) is 0 Å². The predicted octanol–water partition coefficient (Wildman–Crippen LogP) is 2.35. The van der Waals surface area contributed by atoms with Crippen LogP contribution in [0.25, 0.3) is 0 Å². The molecule has 1 aromatic rings. The Balaban J connectivity index is 2.02. The van der Waals surface area contributed by atoms with Gasteiger partial charge in [-0.1, -0.05) is 23.2 Å². The van der Waals surface area contributed by atoms with Crippen molar-refractivity contribution in [3.63, 3.8) is 0 Å². The Morgan fingerprint density at radius 2 is 1.84 bits per heavy atom. The van der Waals surface area contributed by atoms with Crippen LogP contribution < -0.4 is 10.4 Å². The Morgan fingerprint density at radius 1 is 1.21 bits per heavy atom. The normalized spacial score (nSPS) is 29.5. The summed E-state index contributed by atoms with van der Waals surface area (Å²) in [5.74, 6) is -1.03.